The molecule has 1 aliphatic rings. The van der Waals surface area contributed by atoms with Crippen LogP contribution in [0.4, 0.5) is 11.4 Å². The van der Waals surface area contributed by atoms with E-state index in [2.05, 4.69) is 5.32 Å². The van der Waals surface area contributed by atoms with Crippen LogP contribution in [0, 0.1) is 16.0 Å². The van der Waals surface area contributed by atoms with Crippen molar-refractivity contribution < 1.29 is 28.8 Å². The van der Waals surface area contributed by atoms with E-state index in [0.717, 1.165) is 11.6 Å². The number of ether oxygens (including phenoxy) is 2. The highest BCUT2D eigenvalue weighted by atomic mass is 16.6. The Balaban J connectivity index is 1.58. The van der Waals surface area contributed by atoms with E-state index in [1.54, 1.807) is 4.90 Å². The molecule has 0 aliphatic carbocycles. The van der Waals surface area contributed by atoms with Gasteiger partial charge in [0.15, 0.2) is 6.10 Å². The van der Waals surface area contributed by atoms with Crippen LogP contribution in [0.3, 0.4) is 0 Å². The van der Waals surface area contributed by atoms with E-state index in [1.165, 1.54) is 26.2 Å². The summed E-state index contributed by atoms with van der Waals surface area (Å²) in [5.74, 6) is -1.94. The molecule has 1 aliphatic heterocycles. The SMILES string of the molecule is COc1ccc([N+](=O)[O-])cc1NC(=O)C(C)OC(=O)C1CC(=O)N(Cc2ccccc2)C1. The average Bonchev–Trinajstić information content (AvgIpc) is 3.14. The Morgan fingerprint density at radius 1 is 1.25 bits per heavy atom. The van der Waals surface area contributed by atoms with Gasteiger partial charge in [0.25, 0.3) is 11.6 Å². The molecular formula is C22H23N3O7. The number of hydrogen-bond acceptors (Lipinski definition) is 7. The number of rotatable bonds is 8. The zero-order chi connectivity index (χ0) is 23.3. The number of amides is 2. The Morgan fingerprint density at radius 3 is 2.62 bits per heavy atom. The molecule has 0 radical (unpaired) electrons. The summed E-state index contributed by atoms with van der Waals surface area (Å²) in [4.78, 5) is 49.3. The molecule has 168 valence electrons. The normalized spacial score (nSPS) is 16.4. The number of anilines is 1. The van der Waals surface area contributed by atoms with Gasteiger partial charge in [-0.1, -0.05) is 30.3 Å². The molecule has 1 saturated heterocycles. The molecule has 2 unspecified atom stereocenters. The number of likely N-dealkylation sites (tertiary alicyclic amines) is 1. The van der Waals surface area contributed by atoms with Gasteiger partial charge in [-0.15, -0.1) is 0 Å². The largest absolute Gasteiger partial charge is 0.495 e. The summed E-state index contributed by atoms with van der Waals surface area (Å²) in [6, 6.07) is 13.2. The number of methoxy groups -OCH3 is 1. The first-order chi connectivity index (χ1) is 15.3. The van der Waals surface area contributed by atoms with Crippen molar-refractivity contribution in [3.8, 4) is 5.75 Å². The summed E-state index contributed by atoms with van der Waals surface area (Å²) >= 11 is 0. The molecule has 2 aromatic carbocycles. The lowest BCUT2D eigenvalue weighted by Gasteiger charge is -2.18. The average molecular weight is 441 g/mol. The van der Waals surface area contributed by atoms with Gasteiger partial charge in [0.1, 0.15) is 5.75 Å². The third-order valence-corrected chi connectivity index (χ3v) is 5.08. The van der Waals surface area contributed by atoms with Crippen LogP contribution in [0.25, 0.3) is 0 Å². The maximum absolute atomic E-state index is 12.5. The van der Waals surface area contributed by atoms with Crippen LogP contribution in [0.15, 0.2) is 48.5 Å². The van der Waals surface area contributed by atoms with Crippen LogP contribution in [0.2, 0.25) is 0 Å². The maximum atomic E-state index is 12.5. The van der Waals surface area contributed by atoms with Gasteiger partial charge < -0.3 is 19.7 Å². The first kappa shape index (κ1) is 22.7. The molecule has 1 heterocycles. The summed E-state index contributed by atoms with van der Waals surface area (Å²) < 4.78 is 10.4. The highest BCUT2D eigenvalue weighted by molar-refractivity contribution is 5.97. The number of carbonyl (C=O) groups is 3. The minimum Gasteiger partial charge on any atom is -0.495 e. The molecule has 0 bridgehead atoms. The maximum Gasteiger partial charge on any atom is 0.312 e. The number of carbonyl (C=O) groups excluding carboxylic acids is 3. The van der Waals surface area contributed by atoms with Gasteiger partial charge in [0.2, 0.25) is 5.91 Å². The Labute approximate surface area is 184 Å². The molecule has 0 spiro atoms. The summed E-state index contributed by atoms with van der Waals surface area (Å²) in [7, 11) is 1.36. The quantitative estimate of drug-likeness (QED) is 0.379. The monoisotopic (exact) mass is 441 g/mol. The lowest BCUT2D eigenvalue weighted by molar-refractivity contribution is -0.384. The zero-order valence-corrected chi connectivity index (χ0v) is 17.6. The number of nitrogens with one attached hydrogen (secondary N) is 1. The number of hydrogen-bond donors (Lipinski definition) is 1. The standard InChI is InChI=1S/C22H23N3O7/c1-14(21(27)23-18-11-17(25(29)30)8-9-19(18)31-2)32-22(28)16-10-20(26)24(13-16)12-15-6-4-3-5-7-15/h3-9,11,14,16H,10,12-13H2,1-2H3,(H,23,27). The van der Waals surface area contributed by atoms with Gasteiger partial charge in [-0.25, -0.2) is 0 Å². The number of esters is 1. The highest BCUT2D eigenvalue weighted by Gasteiger charge is 2.36. The second-order valence-corrected chi connectivity index (χ2v) is 7.37. The minimum absolute atomic E-state index is 0.0126. The highest BCUT2D eigenvalue weighted by Crippen LogP contribution is 2.29. The van der Waals surface area contributed by atoms with E-state index in [9.17, 15) is 24.5 Å². The molecule has 10 nitrogen and oxygen atoms in total. The van der Waals surface area contributed by atoms with Gasteiger partial charge in [-0.3, -0.25) is 24.5 Å². The van der Waals surface area contributed by atoms with E-state index in [1.807, 2.05) is 30.3 Å². The van der Waals surface area contributed by atoms with E-state index in [4.69, 9.17) is 9.47 Å². The van der Waals surface area contributed by atoms with Crippen LogP contribution in [-0.2, 0) is 25.7 Å². The van der Waals surface area contributed by atoms with Crippen molar-refractivity contribution in [2.24, 2.45) is 5.92 Å². The first-order valence-corrected chi connectivity index (χ1v) is 9.94. The van der Waals surface area contributed by atoms with Crippen molar-refractivity contribution in [2.45, 2.75) is 26.0 Å². The first-order valence-electron chi connectivity index (χ1n) is 9.94. The molecule has 1 N–H and O–H groups in total. The lowest BCUT2D eigenvalue weighted by atomic mass is 10.1. The summed E-state index contributed by atoms with van der Waals surface area (Å²) in [5.41, 5.74) is 0.807. The number of nitro groups is 1. The fourth-order valence-corrected chi connectivity index (χ4v) is 3.35. The Bertz CT molecular complexity index is 1030. The molecule has 10 heteroatoms. The second-order valence-electron chi connectivity index (χ2n) is 7.37. The number of nitro benzene ring substituents is 1. The van der Waals surface area contributed by atoms with E-state index < -0.39 is 28.8 Å². The molecule has 32 heavy (non-hydrogen) atoms. The fourth-order valence-electron chi connectivity index (χ4n) is 3.35. The van der Waals surface area contributed by atoms with Crippen LogP contribution >= 0.6 is 0 Å². The predicted molar refractivity (Wildman–Crippen MR) is 114 cm³/mol. The van der Waals surface area contributed by atoms with Crippen LogP contribution in [0.1, 0.15) is 18.9 Å². The third-order valence-electron chi connectivity index (χ3n) is 5.08. The van der Waals surface area contributed by atoms with E-state index >= 15 is 0 Å². The zero-order valence-electron chi connectivity index (χ0n) is 17.6. The topological polar surface area (TPSA) is 128 Å². The molecule has 2 aromatic rings. The summed E-state index contributed by atoms with van der Waals surface area (Å²) in [5, 5.41) is 13.5. The molecule has 0 aromatic heterocycles. The number of non-ortho nitro benzene ring substituents is 1. The molecule has 3 rings (SSSR count). The second kappa shape index (κ2) is 9.90. The summed E-state index contributed by atoms with van der Waals surface area (Å²) in [6.07, 6.45) is -1.16. The number of nitrogens with zero attached hydrogens (tertiary/aromatic N) is 2. The minimum atomic E-state index is -1.18. The van der Waals surface area contributed by atoms with Gasteiger partial charge in [0, 0.05) is 31.6 Å². The van der Waals surface area contributed by atoms with Crippen molar-refractivity contribution in [3.63, 3.8) is 0 Å². The van der Waals surface area contributed by atoms with Gasteiger partial charge >= 0.3 is 5.97 Å². The van der Waals surface area contributed by atoms with Crippen molar-refractivity contribution in [2.75, 3.05) is 19.0 Å². The van der Waals surface area contributed by atoms with Crippen LogP contribution < -0.4 is 10.1 Å². The molecule has 1 fully saturated rings. The Hall–Kier alpha value is -3.95. The smallest absolute Gasteiger partial charge is 0.312 e. The predicted octanol–water partition coefficient (Wildman–Crippen LogP) is 2.52. The number of benzene rings is 2. The molecule has 0 saturated carbocycles. The Morgan fingerprint density at radius 2 is 1.97 bits per heavy atom. The van der Waals surface area contributed by atoms with Crippen molar-refractivity contribution >= 4 is 29.2 Å². The van der Waals surface area contributed by atoms with E-state index in [0.29, 0.717) is 6.54 Å². The van der Waals surface area contributed by atoms with Gasteiger partial charge in [0.05, 0.1) is 23.6 Å². The van der Waals surface area contributed by atoms with Crippen LogP contribution in [-0.4, -0.2) is 47.4 Å². The van der Waals surface area contributed by atoms with Crippen molar-refractivity contribution in [1.29, 1.82) is 0 Å². The van der Waals surface area contributed by atoms with Crippen LogP contribution in [0.5, 0.6) is 5.75 Å². The molecule has 2 amide bonds. The molecular weight excluding hydrogens is 418 g/mol. The van der Waals surface area contributed by atoms with Gasteiger partial charge in [-0.2, -0.15) is 0 Å². The molecule has 2 atom stereocenters. The summed E-state index contributed by atoms with van der Waals surface area (Å²) in [6.45, 7) is 1.99. The van der Waals surface area contributed by atoms with E-state index in [-0.39, 0.29) is 36.0 Å². The fraction of sp³-hybridized carbons (Fsp3) is 0.318. The third kappa shape index (κ3) is 5.39. The van der Waals surface area contributed by atoms with Crippen molar-refractivity contribution in [1.82, 2.24) is 4.90 Å². The van der Waals surface area contributed by atoms with Crippen molar-refractivity contribution in [3.05, 3.63) is 64.2 Å². The lowest BCUT2D eigenvalue weighted by Crippen LogP contribution is -2.33. The Kier molecular flexibility index (Phi) is 7.04. The van der Waals surface area contributed by atoms with Gasteiger partial charge in [-0.05, 0) is 18.6 Å².